The highest BCUT2D eigenvalue weighted by atomic mass is 16.5. The fourth-order valence-electron chi connectivity index (χ4n) is 3.82. The Hall–Kier alpha value is -1.94. The summed E-state index contributed by atoms with van der Waals surface area (Å²) in [7, 11) is 1.62. The number of Topliss-reactive ketones (excluding diaryl/α,β-unsaturated/α-hetero) is 1. The van der Waals surface area contributed by atoms with Crippen molar-refractivity contribution in [3.63, 3.8) is 0 Å². The van der Waals surface area contributed by atoms with Crippen molar-refractivity contribution in [1.29, 1.82) is 0 Å². The van der Waals surface area contributed by atoms with Crippen LogP contribution >= 0.6 is 0 Å². The fraction of sp³-hybridized carbons (Fsp3) is 0.630. The summed E-state index contributed by atoms with van der Waals surface area (Å²) in [5.41, 5.74) is 2.91. The molecule has 0 heterocycles. The van der Waals surface area contributed by atoms with Crippen molar-refractivity contribution in [2.45, 2.75) is 92.8 Å². The first-order valence-corrected chi connectivity index (χ1v) is 11.4. The van der Waals surface area contributed by atoms with Gasteiger partial charge in [-0.15, -0.1) is 0 Å². The molecule has 174 valence electrons. The van der Waals surface area contributed by atoms with Crippen molar-refractivity contribution in [2.24, 2.45) is 11.3 Å². The molecule has 0 aromatic rings. The lowest BCUT2D eigenvalue weighted by atomic mass is 9.80. The maximum absolute atomic E-state index is 13.0. The van der Waals surface area contributed by atoms with Crippen LogP contribution in [0.2, 0.25) is 0 Å². The van der Waals surface area contributed by atoms with Crippen LogP contribution in [0.3, 0.4) is 0 Å². The summed E-state index contributed by atoms with van der Waals surface area (Å²) in [6, 6.07) is 0. The predicted molar refractivity (Wildman–Crippen MR) is 128 cm³/mol. The minimum Gasteiger partial charge on any atom is -0.455 e. The Balaban J connectivity index is 3.35. The molecule has 4 unspecified atom stereocenters. The van der Waals surface area contributed by atoms with Gasteiger partial charge in [-0.3, -0.25) is 4.79 Å². The Bertz CT molecular complexity index is 732. The van der Waals surface area contributed by atoms with Gasteiger partial charge in [-0.1, -0.05) is 50.1 Å². The molecular weight excluding hydrogens is 388 g/mol. The number of hydrogen-bond acceptors (Lipinski definition) is 4. The smallest absolute Gasteiger partial charge is 0.331 e. The largest absolute Gasteiger partial charge is 0.455 e. The molecule has 0 bridgehead atoms. The summed E-state index contributed by atoms with van der Waals surface area (Å²) in [5, 5.41) is 0. The lowest BCUT2D eigenvalue weighted by molar-refractivity contribution is -0.145. The van der Waals surface area contributed by atoms with Crippen molar-refractivity contribution >= 4 is 11.8 Å². The van der Waals surface area contributed by atoms with E-state index >= 15 is 0 Å². The number of esters is 1. The van der Waals surface area contributed by atoms with Crippen molar-refractivity contribution in [3.05, 3.63) is 47.1 Å². The van der Waals surface area contributed by atoms with Crippen LogP contribution in [0.5, 0.6) is 0 Å². The number of methoxy groups -OCH3 is 1. The Morgan fingerprint density at radius 2 is 1.90 bits per heavy atom. The number of carbonyl (C=O) groups is 2. The maximum atomic E-state index is 13.0. The molecule has 1 rings (SSSR count). The summed E-state index contributed by atoms with van der Waals surface area (Å²) >= 11 is 0. The molecule has 0 N–H and O–H groups in total. The average molecular weight is 431 g/mol. The average Bonchev–Trinajstić information content (AvgIpc) is 2.69. The molecule has 0 saturated heterocycles. The highest BCUT2D eigenvalue weighted by Crippen LogP contribution is 2.34. The van der Waals surface area contributed by atoms with Crippen LogP contribution in [0.4, 0.5) is 0 Å². The molecule has 0 spiro atoms. The van der Waals surface area contributed by atoms with Gasteiger partial charge in [-0.25, -0.2) is 4.79 Å². The van der Waals surface area contributed by atoms with E-state index < -0.39 is 6.10 Å². The maximum Gasteiger partial charge on any atom is 0.331 e. The van der Waals surface area contributed by atoms with Gasteiger partial charge in [-0.05, 0) is 70.4 Å². The summed E-state index contributed by atoms with van der Waals surface area (Å²) in [5.74, 6) is -0.404. The third-order valence-corrected chi connectivity index (χ3v) is 5.96. The Morgan fingerprint density at radius 1 is 1.23 bits per heavy atom. The van der Waals surface area contributed by atoms with E-state index in [2.05, 4.69) is 39.0 Å². The molecule has 31 heavy (non-hydrogen) atoms. The van der Waals surface area contributed by atoms with E-state index in [1.54, 1.807) is 7.11 Å². The van der Waals surface area contributed by atoms with Crippen molar-refractivity contribution in [1.82, 2.24) is 0 Å². The van der Waals surface area contributed by atoms with Gasteiger partial charge in [0.25, 0.3) is 0 Å². The third kappa shape index (κ3) is 9.39. The zero-order chi connectivity index (χ0) is 23.6. The minimum absolute atomic E-state index is 0.115. The van der Waals surface area contributed by atoms with Crippen LogP contribution in [0.25, 0.3) is 0 Å². The molecule has 1 aliphatic rings. The molecule has 0 fully saturated rings. The van der Waals surface area contributed by atoms with Gasteiger partial charge in [-0.2, -0.15) is 0 Å². The van der Waals surface area contributed by atoms with Crippen LogP contribution < -0.4 is 0 Å². The summed E-state index contributed by atoms with van der Waals surface area (Å²) in [4.78, 5) is 25.4. The van der Waals surface area contributed by atoms with Crippen LogP contribution in [-0.4, -0.2) is 31.1 Å². The van der Waals surface area contributed by atoms with Crippen LogP contribution in [0.15, 0.2) is 47.1 Å². The number of ether oxygens (including phenoxy) is 2. The summed E-state index contributed by atoms with van der Waals surface area (Å²) in [6.45, 7) is 14.2. The quantitative estimate of drug-likeness (QED) is 0.262. The van der Waals surface area contributed by atoms with Crippen LogP contribution in [-0.2, 0) is 19.1 Å². The normalized spacial score (nSPS) is 29.7. The molecule has 1 aliphatic carbocycles. The molecule has 0 amide bonds. The molecule has 0 aliphatic heterocycles. The molecule has 0 saturated carbocycles. The van der Waals surface area contributed by atoms with E-state index in [1.165, 1.54) is 11.6 Å². The van der Waals surface area contributed by atoms with E-state index in [0.29, 0.717) is 6.42 Å². The first-order valence-electron chi connectivity index (χ1n) is 11.4. The monoisotopic (exact) mass is 430 g/mol. The highest BCUT2D eigenvalue weighted by molar-refractivity contribution is 5.95. The number of allylic oxidation sites excluding steroid dienone is 6. The molecule has 4 heteroatoms. The number of ketones is 1. The number of carbonyl (C=O) groups excluding carboxylic acids is 2. The zero-order valence-electron chi connectivity index (χ0n) is 20.8. The van der Waals surface area contributed by atoms with E-state index in [9.17, 15) is 9.59 Å². The van der Waals surface area contributed by atoms with Gasteiger partial charge in [0.2, 0.25) is 0 Å². The topological polar surface area (TPSA) is 52.6 Å². The van der Waals surface area contributed by atoms with Gasteiger partial charge in [0, 0.05) is 25.5 Å². The molecule has 4 nitrogen and oxygen atoms in total. The second-order valence-electron chi connectivity index (χ2n) is 9.50. The number of hydrogen-bond donors (Lipinski definition) is 0. The van der Waals surface area contributed by atoms with Gasteiger partial charge in [0.15, 0.2) is 5.78 Å². The zero-order valence-corrected chi connectivity index (χ0v) is 20.8. The van der Waals surface area contributed by atoms with Crippen LogP contribution in [0, 0.1) is 11.3 Å². The van der Waals surface area contributed by atoms with Gasteiger partial charge >= 0.3 is 5.97 Å². The minimum atomic E-state index is -0.466. The fourth-order valence-corrected chi connectivity index (χ4v) is 3.82. The SMILES string of the molecule is CC/C1=C/CC(C)(CCC=C(C)C)/C=C\C(OC(=O)C=C(C)C)C(C)C(OC)CC1=O. The Labute approximate surface area is 189 Å². The second kappa shape index (κ2) is 12.8. The van der Waals surface area contributed by atoms with Crippen molar-refractivity contribution < 1.29 is 19.1 Å². The van der Waals surface area contributed by atoms with Gasteiger partial charge in [0.1, 0.15) is 6.10 Å². The van der Waals surface area contributed by atoms with Crippen molar-refractivity contribution in [3.8, 4) is 0 Å². The summed E-state index contributed by atoms with van der Waals surface area (Å²) in [6.07, 6.45) is 12.9. The van der Waals surface area contributed by atoms with E-state index in [1.807, 2.05) is 33.8 Å². The van der Waals surface area contributed by atoms with E-state index in [-0.39, 0.29) is 35.6 Å². The van der Waals surface area contributed by atoms with E-state index in [0.717, 1.165) is 30.4 Å². The molecular formula is C27H42O4. The molecule has 4 atom stereocenters. The molecule has 0 radical (unpaired) electrons. The highest BCUT2D eigenvalue weighted by Gasteiger charge is 2.31. The van der Waals surface area contributed by atoms with Gasteiger partial charge < -0.3 is 9.47 Å². The van der Waals surface area contributed by atoms with Crippen molar-refractivity contribution in [2.75, 3.05) is 7.11 Å². The lowest BCUT2D eigenvalue weighted by Gasteiger charge is -2.29. The van der Waals surface area contributed by atoms with Crippen LogP contribution in [0.1, 0.15) is 80.6 Å². The Morgan fingerprint density at radius 3 is 2.45 bits per heavy atom. The Kier molecular flexibility index (Phi) is 11.2. The number of rotatable bonds is 7. The summed E-state index contributed by atoms with van der Waals surface area (Å²) < 4.78 is 11.5. The van der Waals surface area contributed by atoms with E-state index in [4.69, 9.17) is 9.47 Å². The third-order valence-electron chi connectivity index (χ3n) is 5.96. The lowest BCUT2D eigenvalue weighted by Crippen LogP contribution is -2.35. The standard InChI is InChI=1S/C27H42O4/c1-9-22-12-15-27(7,14-10-11-19(2)3)16-13-24(31-26(29)17-20(4)5)21(6)25(30-8)18-23(22)28/h11-13,16-17,21,24-25H,9-10,14-15,18H2,1-8H3/b16-13-,22-12-. The molecule has 0 aromatic heterocycles. The second-order valence-corrected chi connectivity index (χ2v) is 9.50. The predicted octanol–water partition coefficient (Wildman–Crippen LogP) is 6.52. The molecule has 0 aromatic carbocycles. The first kappa shape index (κ1) is 27.1. The van der Waals surface area contributed by atoms with Gasteiger partial charge in [0.05, 0.1) is 6.10 Å². The first-order chi connectivity index (χ1) is 14.5.